The number of anilines is 1. The molecule has 114 valence electrons. The normalized spacial score (nSPS) is 16.8. The van der Waals surface area contributed by atoms with Crippen molar-refractivity contribution in [3.63, 3.8) is 0 Å². The van der Waals surface area contributed by atoms with Crippen LogP contribution in [0.5, 0.6) is 0 Å². The van der Waals surface area contributed by atoms with Crippen molar-refractivity contribution in [2.45, 2.75) is 6.92 Å². The fourth-order valence-electron chi connectivity index (χ4n) is 3.00. The lowest BCUT2D eigenvalue weighted by molar-refractivity contribution is 0.312. The molecule has 0 aliphatic carbocycles. The zero-order chi connectivity index (χ0) is 15.3. The maximum absolute atomic E-state index is 6.20. The maximum atomic E-state index is 6.20. The zero-order valence-corrected chi connectivity index (χ0v) is 13.4. The summed E-state index contributed by atoms with van der Waals surface area (Å²) < 4.78 is 1.98. The van der Waals surface area contributed by atoms with E-state index in [1.54, 1.807) is 6.33 Å². The molecule has 2 aromatic heterocycles. The number of benzene rings is 1. The Morgan fingerprint density at radius 1 is 1.14 bits per heavy atom. The van der Waals surface area contributed by atoms with Crippen LogP contribution in [-0.2, 0) is 0 Å². The summed E-state index contributed by atoms with van der Waals surface area (Å²) in [5.41, 5.74) is 3.75. The van der Waals surface area contributed by atoms with Gasteiger partial charge in [0.15, 0.2) is 5.82 Å². The summed E-state index contributed by atoms with van der Waals surface area (Å²) >= 11 is 6.20. The molecule has 1 aliphatic heterocycles. The van der Waals surface area contributed by atoms with Gasteiger partial charge in [0, 0.05) is 31.2 Å². The highest BCUT2D eigenvalue weighted by Crippen LogP contribution is 2.28. The van der Waals surface area contributed by atoms with Gasteiger partial charge in [-0.2, -0.15) is 0 Å². The average molecular weight is 317 g/mol. The Kier molecular flexibility index (Phi) is 3.16. The molecule has 4 rings (SSSR count). The van der Waals surface area contributed by atoms with Crippen LogP contribution in [-0.4, -0.2) is 57.7 Å². The SMILES string of the molecule is Cc1cc(Cl)cc2c1nc(N1CCN(C)CC1)c1nncn12. The molecule has 0 radical (unpaired) electrons. The molecule has 3 aromatic rings. The van der Waals surface area contributed by atoms with Crippen molar-refractivity contribution in [2.24, 2.45) is 0 Å². The van der Waals surface area contributed by atoms with E-state index in [-0.39, 0.29) is 0 Å². The number of piperazine rings is 1. The van der Waals surface area contributed by atoms with Gasteiger partial charge in [-0.3, -0.25) is 4.40 Å². The molecule has 0 saturated carbocycles. The summed E-state index contributed by atoms with van der Waals surface area (Å²) in [6, 6.07) is 3.86. The van der Waals surface area contributed by atoms with Crippen molar-refractivity contribution in [1.82, 2.24) is 24.5 Å². The van der Waals surface area contributed by atoms with Crippen molar-refractivity contribution in [2.75, 3.05) is 38.1 Å². The van der Waals surface area contributed by atoms with Gasteiger partial charge in [-0.1, -0.05) is 11.6 Å². The number of rotatable bonds is 1. The van der Waals surface area contributed by atoms with Gasteiger partial charge in [0.25, 0.3) is 0 Å². The van der Waals surface area contributed by atoms with Crippen LogP contribution in [0.3, 0.4) is 0 Å². The summed E-state index contributed by atoms with van der Waals surface area (Å²) in [5.74, 6) is 0.906. The molecular formula is C15H17ClN6. The van der Waals surface area contributed by atoms with Crippen LogP contribution in [0.4, 0.5) is 5.82 Å². The minimum absolute atomic E-state index is 0.703. The highest BCUT2D eigenvalue weighted by molar-refractivity contribution is 6.31. The Balaban J connectivity index is 1.95. The summed E-state index contributed by atoms with van der Waals surface area (Å²) in [7, 11) is 2.14. The maximum Gasteiger partial charge on any atom is 0.204 e. The van der Waals surface area contributed by atoms with Gasteiger partial charge in [-0.25, -0.2) is 4.98 Å². The minimum atomic E-state index is 0.703. The number of hydrogen-bond acceptors (Lipinski definition) is 5. The van der Waals surface area contributed by atoms with E-state index in [2.05, 4.69) is 27.0 Å². The van der Waals surface area contributed by atoms with Gasteiger partial charge in [0.05, 0.1) is 11.0 Å². The lowest BCUT2D eigenvalue weighted by atomic mass is 10.2. The van der Waals surface area contributed by atoms with E-state index in [0.717, 1.165) is 54.2 Å². The summed E-state index contributed by atoms with van der Waals surface area (Å²) in [5, 5.41) is 9.05. The van der Waals surface area contributed by atoms with Gasteiger partial charge < -0.3 is 9.80 Å². The number of aromatic nitrogens is 4. The predicted octanol–water partition coefficient (Wildman–Crippen LogP) is 1.99. The Labute approximate surface area is 133 Å². The van der Waals surface area contributed by atoms with Gasteiger partial charge >= 0.3 is 0 Å². The first kappa shape index (κ1) is 13.7. The first-order valence-corrected chi connectivity index (χ1v) is 7.74. The molecule has 0 unspecified atom stereocenters. The molecule has 1 aromatic carbocycles. The topological polar surface area (TPSA) is 49.6 Å². The predicted molar refractivity (Wildman–Crippen MR) is 87.7 cm³/mol. The third-order valence-corrected chi connectivity index (χ3v) is 4.49. The Hall–Kier alpha value is -1.92. The molecule has 0 N–H and O–H groups in total. The van der Waals surface area contributed by atoms with Crippen LogP contribution >= 0.6 is 11.6 Å². The molecule has 22 heavy (non-hydrogen) atoms. The molecule has 1 fully saturated rings. The quantitative estimate of drug-likeness (QED) is 0.687. The standard InChI is InChI=1S/C15H17ClN6/c1-10-7-11(16)8-12-13(10)18-14(15-19-17-9-22(12)15)21-5-3-20(2)4-6-21/h7-9H,3-6H2,1-2H3. The second-order valence-corrected chi connectivity index (χ2v) is 6.28. The highest BCUT2D eigenvalue weighted by Gasteiger charge is 2.21. The van der Waals surface area contributed by atoms with Crippen LogP contribution in [0, 0.1) is 6.92 Å². The molecular weight excluding hydrogens is 300 g/mol. The molecule has 1 aliphatic rings. The van der Waals surface area contributed by atoms with E-state index in [9.17, 15) is 0 Å². The molecule has 0 atom stereocenters. The summed E-state index contributed by atoms with van der Waals surface area (Å²) in [6.45, 7) is 5.98. The molecule has 3 heterocycles. The minimum Gasteiger partial charge on any atom is -0.351 e. The first-order chi connectivity index (χ1) is 10.6. The number of nitrogens with zero attached hydrogens (tertiary/aromatic N) is 6. The van der Waals surface area contributed by atoms with Crippen molar-refractivity contribution in [3.8, 4) is 0 Å². The van der Waals surface area contributed by atoms with Crippen LogP contribution in [0.2, 0.25) is 5.02 Å². The van der Waals surface area contributed by atoms with E-state index in [1.807, 2.05) is 23.5 Å². The van der Waals surface area contributed by atoms with Gasteiger partial charge in [0.2, 0.25) is 5.65 Å². The molecule has 1 saturated heterocycles. The monoisotopic (exact) mass is 316 g/mol. The van der Waals surface area contributed by atoms with Crippen LogP contribution < -0.4 is 4.90 Å². The molecule has 0 spiro atoms. The fourth-order valence-corrected chi connectivity index (χ4v) is 3.26. The first-order valence-electron chi connectivity index (χ1n) is 7.36. The summed E-state index contributed by atoms with van der Waals surface area (Å²) in [6.07, 6.45) is 1.73. The van der Waals surface area contributed by atoms with E-state index in [0.29, 0.717) is 5.02 Å². The lowest BCUT2D eigenvalue weighted by Crippen LogP contribution is -2.45. The zero-order valence-electron chi connectivity index (χ0n) is 12.6. The Morgan fingerprint density at radius 2 is 1.91 bits per heavy atom. The van der Waals surface area contributed by atoms with E-state index >= 15 is 0 Å². The number of hydrogen-bond donors (Lipinski definition) is 0. The van der Waals surface area contributed by atoms with Crippen molar-refractivity contribution in [1.29, 1.82) is 0 Å². The van der Waals surface area contributed by atoms with Gasteiger partial charge in [-0.15, -0.1) is 10.2 Å². The van der Waals surface area contributed by atoms with Crippen molar-refractivity contribution >= 4 is 34.1 Å². The highest BCUT2D eigenvalue weighted by atomic mass is 35.5. The lowest BCUT2D eigenvalue weighted by Gasteiger charge is -2.33. The fraction of sp³-hybridized carbons (Fsp3) is 0.400. The van der Waals surface area contributed by atoms with Crippen molar-refractivity contribution in [3.05, 3.63) is 29.0 Å². The third kappa shape index (κ3) is 2.10. The molecule has 0 amide bonds. The van der Waals surface area contributed by atoms with Crippen LogP contribution in [0.25, 0.3) is 16.7 Å². The molecule has 0 bridgehead atoms. The van der Waals surface area contributed by atoms with Gasteiger partial charge in [-0.05, 0) is 31.7 Å². The molecule has 6 nitrogen and oxygen atoms in total. The Morgan fingerprint density at radius 3 is 2.68 bits per heavy atom. The van der Waals surface area contributed by atoms with Crippen LogP contribution in [0.15, 0.2) is 18.5 Å². The number of likely N-dealkylation sites (N-methyl/N-ethyl adjacent to an activating group) is 1. The van der Waals surface area contributed by atoms with E-state index < -0.39 is 0 Å². The van der Waals surface area contributed by atoms with Crippen molar-refractivity contribution < 1.29 is 0 Å². The molecule has 7 heteroatoms. The average Bonchev–Trinajstić information content (AvgIpc) is 2.97. The number of aryl methyl sites for hydroxylation is 1. The van der Waals surface area contributed by atoms with E-state index in [1.165, 1.54) is 0 Å². The van der Waals surface area contributed by atoms with E-state index in [4.69, 9.17) is 16.6 Å². The smallest absolute Gasteiger partial charge is 0.204 e. The Bertz CT molecular complexity index is 850. The largest absolute Gasteiger partial charge is 0.351 e. The third-order valence-electron chi connectivity index (χ3n) is 4.27. The van der Waals surface area contributed by atoms with Gasteiger partial charge in [0.1, 0.15) is 6.33 Å². The number of fused-ring (bicyclic) bond motifs is 3. The number of halogens is 1. The van der Waals surface area contributed by atoms with Crippen LogP contribution in [0.1, 0.15) is 5.56 Å². The summed E-state index contributed by atoms with van der Waals surface area (Å²) in [4.78, 5) is 9.50. The second kappa shape index (κ2) is 5.07. The second-order valence-electron chi connectivity index (χ2n) is 5.84.